The van der Waals surface area contributed by atoms with Gasteiger partial charge in [-0.05, 0) is 12.1 Å². The molecule has 0 amide bonds. The SMILES string of the molecule is O=C(O[B]O)c1ccccn1. The fourth-order valence-electron chi connectivity index (χ4n) is 0.592. The number of hydrogen-bond acceptors (Lipinski definition) is 4. The summed E-state index contributed by atoms with van der Waals surface area (Å²) in [7, 11) is 0.330. The Balaban J connectivity index is 2.69. The second-order valence-corrected chi connectivity index (χ2v) is 1.73. The summed E-state index contributed by atoms with van der Waals surface area (Å²) in [5, 5.41) is 8.10. The predicted octanol–water partition coefficient (Wildman–Crippen LogP) is -0.235. The Labute approximate surface area is 64.1 Å². The summed E-state index contributed by atoms with van der Waals surface area (Å²) < 4.78 is 4.16. The fraction of sp³-hybridized carbons (Fsp3) is 0. The van der Waals surface area contributed by atoms with Gasteiger partial charge in [-0.2, -0.15) is 0 Å². The average Bonchev–Trinajstić information content (AvgIpc) is 2.07. The summed E-state index contributed by atoms with van der Waals surface area (Å²) in [6, 6.07) is 4.83. The molecule has 1 rings (SSSR count). The van der Waals surface area contributed by atoms with Gasteiger partial charge < -0.3 is 9.68 Å². The molecular weight excluding hydrogens is 145 g/mol. The molecule has 1 aromatic heterocycles. The molecule has 0 aromatic carbocycles. The fourth-order valence-corrected chi connectivity index (χ4v) is 0.592. The Morgan fingerprint density at radius 3 is 3.00 bits per heavy atom. The van der Waals surface area contributed by atoms with Gasteiger partial charge in [0, 0.05) is 6.20 Å². The Morgan fingerprint density at radius 1 is 1.64 bits per heavy atom. The number of aromatic nitrogens is 1. The quantitative estimate of drug-likeness (QED) is 0.591. The van der Waals surface area contributed by atoms with E-state index in [1.54, 1.807) is 12.1 Å². The number of carbonyl (C=O) groups excluding carboxylic acids is 1. The van der Waals surface area contributed by atoms with Gasteiger partial charge in [0.15, 0.2) is 0 Å². The second kappa shape index (κ2) is 3.73. The van der Waals surface area contributed by atoms with E-state index in [2.05, 4.69) is 9.64 Å². The molecule has 1 radical (unpaired) electrons. The molecule has 0 saturated heterocycles. The normalized spacial score (nSPS) is 8.82. The molecule has 4 nitrogen and oxygen atoms in total. The van der Waals surface area contributed by atoms with Gasteiger partial charge in [-0.25, -0.2) is 9.78 Å². The van der Waals surface area contributed by atoms with Crippen molar-refractivity contribution in [1.82, 2.24) is 4.98 Å². The van der Waals surface area contributed by atoms with Gasteiger partial charge >= 0.3 is 13.7 Å². The van der Waals surface area contributed by atoms with Gasteiger partial charge in [-0.3, -0.25) is 0 Å². The highest BCUT2D eigenvalue weighted by Gasteiger charge is 2.06. The lowest BCUT2D eigenvalue weighted by Gasteiger charge is -1.96. The monoisotopic (exact) mass is 150 g/mol. The molecule has 1 aromatic rings. The molecule has 0 fully saturated rings. The van der Waals surface area contributed by atoms with Crippen LogP contribution in [0.3, 0.4) is 0 Å². The summed E-state index contributed by atoms with van der Waals surface area (Å²) in [5.41, 5.74) is 0.165. The van der Waals surface area contributed by atoms with Crippen LogP contribution in [0.1, 0.15) is 10.5 Å². The molecule has 0 aliphatic carbocycles. The topological polar surface area (TPSA) is 59.4 Å². The van der Waals surface area contributed by atoms with Crippen LogP contribution in [0.25, 0.3) is 0 Å². The molecule has 0 bridgehead atoms. The van der Waals surface area contributed by atoms with Crippen molar-refractivity contribution >= 4 is 13.7 Å². The number of rotatable bonds is 2. The summed E-state index contributed by atoms with van der Waals surface area (Å²) >= 11 is 0. The molecular formula is C6H5BNO3. The highest BCUT2D eigenvalue weighted by molar-refractivity contribution is 6.21. The largest absolute Gasteiger partial charge is 0.571 e. The lowest BCUT2D eigenvalue weighted by atomic mass is 10.3. The molecule has 0 atom stereocenters. The molecule has 11 heavy (non-hydrogen) atoms. The van der Waals surface area contributed by atoms with Gasteiger partial charge in [0.1, 0.15) is 5.69 Å². The van der Waals surface area contributed by atoms with Crippen LogP contribution >= 0.6 is 0 Å². The van der Waals surface area contributed by atoms with Crippen molar-refractivity contribution in [2.24, 2.45) is 0 Å². The first-order chi connectivity index (χ1) is 5.34. The highest BCUT2D eigenvalue weighted by Crippen LogP contribution is 1.94. The van der Waals surface area contributed by atoms with Crippen LogP contribution in [0.2, 0.25) is 0 Å². The summed E-state index contributed by atoms with van der Waals surface area (Å²) in [5.74, 6) is -0.673. The Morgan fingerprint density at radius 2 is 2.45 bits per heavy atom. The number of nitrogens with zero attached hydrogens (tertiary/aromatic N) is 1. The van der Waals surface area contributed by atoms with Crippen LogP contribution in [-0.2, 0) is 4.65 Å². The molecule has 0 saturated carbocycles. The van der Waals surface area contributed by atoms with E-state index < -0.39 is 5.97 Å². The van der Waals surface area contributed by atoms with Gasteiger partial charge in [-0.15, -0.1) is 0 Å². The van der Waals surface area contributed by atoms with Gasteiger partial charge in [-0.1, -0.05) is 6.07 Å². The van der Waals surface area contributed by atoms with Crippen LogP contribution in [0.15, 0.2) is 24.4 Å². The lowest BCUT2D eigenvalue weighted by Crippen LogP contribution is -2.09. The van der Waals surface area contributed by atoms with E-state index in [1.165, 1.54) is 12.3 Å². The minimum Gasteiger partial charge on any atom is -0.506 e. The summed E-state index contributed by atoms with van der Waals surface area (Å²) in [4.78, 5) is 14.5. The van der Waals surface area contributed by atoms with Crippen molar-refractivity contribution in [3.05, 3.63) is 30.1 Å². The zero-order valence-electron chi connectivity index (χ0n) is 5.60. The van der Waals surface area contributed by atoms with Crippen molar-refractivity contribution < 1.29 is 14.5 Å². The van der Waals surface area contributed by atoms with Crippen LogP contribution in [-0.4, -0.2) is 23.7 Å². The summed E-state index contributed by atoms with van der Waals surface area (Å²) in [6.45, 7) is 0. The average molecular weight is 150 g/mol. The molecule has 1 N–H and O–H groups in total. The maximum absolute atomic E-state index is 10.8. The standard InChI is InChI=1S/C6H5BNO3/c9-6(11-7-10)5-3-1-2-4-8-5/h1-4,10H. The first kappa shape index (κ1) is 7.75. The molecule has 5 heteroatoms. The van der Waals surface area contributed by atoms with Crippen molar-refractivity contribution in [3.63, 3.8) is 0 Å². The molecule has 0 spiro atoms. The molecule has 0 aliphatic rings. The molecule has 55 valence electrons. The Hall–Kier alpha value is -1.36. The third kappa shape index (κ3) is 2.05. The smallest absolute Gasteiger partial charge is 0.506 e. The zero-order chi connectivity index (χ0) is 8.10. The third-order valence-electron chi connectivity index (χ3n) is 1.03. The molecule has 1 heterocycles. The van der Waals surface area contributed by atoms with Gasteiger partial charge in [0.2, 0.25) is 0 Å². The van der Waals surface area contributed by atoms with E-state index in [1.807, 2.05) is 0 Å². The van der Waals surface area contributed by atoms with Gasteiger partial charge in [0.25, 0.3) is 0 Å². The minimum absolute atomic E-state index is 0.165. The highest BCUT2D eigenvalue weighted by atomic mass is 16.6. The predicted molar refractivity (Wildman–Crippen MR) is 37.6 cm³/mol. The van der Waals surface area contributed by atoms with Crippen molar-refractivity contribution in [2.45, 2.75) is 0 Å². The second-order valence-electron chi connectivity index (χ2n) is 1.73. The first-order valence-corrected chi connectivity index (χ1v) is 2.92. The number of hydrogen-bond donors (Lipinski definition) is 1. The summed E-state index contributed by atoms with van der Waals surface area (Å²) in [6.07, 6.45) is 1.47. The van der Waals surface area contributed by atoms with E-state index in [4.69, 9.17) is 5.02 Å². The van der Waals surface area contributed by atoms with Crippen molar-refractivity contribution in [2.75, 3.05) is 0 Å². The maximum atomic E-state index is 10.8. The maximum Gasteiger partial charge on any atom is 0.571 e. The van der Waals surface area contributed by atoms with Crippen molar-refractivity contribution in [1.29, 1.82) is 0 Å². The van der Waals surface area contributed by atoms with Crippen LogP contribution in [0.5, 0.6) is 0 Å². The van der Waals surface area contributed by atoms with E-state index in [0.717, 1.165) is 0 Å². The first-order valence-electron chi connectivity index (χ1n) is 2.92. The molecule has 0 unspecified atom stereocenters. The number of carbonyl (C=O) groups is 1. The van der Waals surface area contributed by atoms with E-state index in [0.29, 0.717) is 7.69 Å². The van der Waals surface area contributed by atoms with E-state index >= 15 is 0 Å². The Kier molecular flexibility index (Phi) is 2.62. The lowest BCUT2D eigenvalue weighted by molar-refractivity contribution is 0.0712. The van der Waals surface area contributed by atoms with E-state index in [-0.39, 0.29) is 5.69 Å². The molecule has 0 aliphatic heterocycles. The van der Waals surface area contributed by atoms with Crippen LogP contribution in [0, 0.1) is 0 Å². The van der Waals surface area contributed by atoms with Gasteiger partial charge in [0.05, 0.1) is 0 Å². The third-order valence-corrected chi connectivity index (χ3v) is 1.03. The zero-order valence-corrected chi connectivity index (χ0v) is 5.60. The number of pyridine rings is 1. The minimum atomic E-state index is -0.673. The van der Waals surface area contributed by atoms with Crippen molar-refractivity contribution in [3.8, 4) is 0 Å². The van der Waals surface area contributed by atoms with Crippen LogP contribution in [0.4, 0.5) is 0 Å². The Bertz CT molecular complexity index is 239. The van der Waals surface area contributed by atoms with Crippen LogP contribution < -0.4 is 0 Å². The van der Waals surface area contributed by atoms with E-state index in [9.17, 15) is 4.79 Å².